The van der Waals surface area contributed by atoms with Crippen molar-refractivity contribution in [2.24, 2.45) is 5.92 Å². The maximum Gasteiger partial charge on any atom is 0.222 e. The Labute approximate surface area is 145 Å². The second-order valence-corrected chi connectivity index (χ2v) is 7.86. The van der Waals surface area contributed by atoms with Gasteiger partial charge in [-0.3, -0.25) is 4.79 Å². The highest BCUT2D eigenvalue weighted by atomic mass is 16.5. The molecule has 134 valence electrons. The topological polar surface area (TPSA) is 49.8 Å². The van der Waals surface area contributed by atoms with Gasteiger partial charge >= 0.3 is 0 Å². The fourth-order valence-electron chi connectivity index (χ4n) is 3.03. The minimum Gasteiger partial charge on any atom is -0.494 e. The van der Waals surface area contributed by atoms with Gasteiger partial charge in [0.2, 0.25) is 5.91 Å². The van der Waals surface area contributed by atoms with Gasteiger partial charge < -0.3 is 14.7 Å². The Bertz CT molecular complexity index is 531. The number of carbonyl (C=O) groups excluding carboxylic acids is 1. The van der Waals surface area contributed by atoms with Crippen molar-refractivity contribution in [1.29, 1.82) is 0 Å². The summed E-state index contributed by atoms with van der Waals surface area (Å²) in [5, 5.41) is 9.60. The molecule has 24 heavy (non-hydrogen) atoms. The third kappa shape index (κ3) is 5.23. The van der Waals surface area contributed by atoms with E-state index < -0.39 is 0 Å². The summed E-state index contributed by atoms with van der Waals surface area (Å²) in [6.45, 7) is 10.4. The molecule has 2 rings (SSSR count). The highest BCUT2D eigenvalue weighted by molar-refractivity contribution is 5.76. The Kier molecular flexibility index (Phi) is 6.27. The molecule has 1 heterocycles. The van der Waals surface area contributed by atoms with Crippen molar-refractivity contribution in [3.63, 3.8) is 0 Å². The first-order valence-corrected chi connectivity index (χ1v) is 8.96. The van der Waals surface area contributed by atoms with Crippen LogP contribution in [0.25, 0.3) is 0 Å². The van der Waals surface area contributed by atoms with Gasteiger partial charge in [0.15, 0.2) is 0 Å². The molecule has 1 amide bonds. The van der Waals surface area contributed by atoms with Crippen LogP contribution in [-0.2, 0) is 10.2 Å². The first kappa shape index (κ1) is 18.8. The molecule has 1 aromatic rings. The average Bonchev–Trinajstić information content (AvgIpc) is 3.01. The molecule has 1 aliphatic heterocycles. The Balaban J connectivity index is 1.69. The van der Waals surface area contributed by atoms with Gasteiger partial charge in [0.1, 0.15) is 5.75 Å². The number of amides is 1. The van der Waals surface area contributed by atoms with Crippen molar-refractivity contribution in [3.05, 3.63) is 29.8 Å². The average molecular weight is 333 g/mol. The molecule has 0 aromatic heterocycles. The summed E-state index contributed by atoms with van der Waals surface area (Å²) < 4.78 is 5.74. The number of aliphatic hydroxyl groups is 1. The number of hydrogen-bond donors (Lipinski definition) is 1. The lowest BCUT2D eigenvalue weighted by Gasteiger charge is -2.19. The van der Waals surface area contributed by atoms with Crippen LogP contribution in [0, 0.1) is 5.92 Å². The molecule has 2 unspecified atom stereocenters. The van der Waals surface area contributed by atoms with E-state index in [1.807, 2.05) is 17.0 Å². The molecule has 1 N–H and O–H groups in total. The first-order chi connectivity index (χ1) is 11.3. The van der Waals surface area contributed by atoms with Crippen molar-refractivity contribution in [1.82, 2.24) is 4.90 Å². The standard InChI is InChI=1S/C20H31NO3/c1-15(22)16-11-12-21(14-16)19(23)6-5-13-24-18-9-7-17(8-10-18)20(2,3)4/h7-10,15-16,22H,5-6,11-14H2,1-4H3. The highest BCUT2D eigenvalue weighted by Crippen LogP contribution is 2.24. The maximum absolute atomic E-state index is 12.2. The van der Waals surface area contributed by atoms with E-state index in [4.69, 9.17) is 4.74 Å². The largest absolute Gasteiger partial charge is 0.494 e. The highest BCUT2D eigenvalue weighted by Gasteiger charge is 2.28. The lowest BCUT2D eigenvalue weighted by atomic mass is 9.87. The molecule has 0 aliphatic carbocycles. The number of hydrogen-bond acceptors (Lipinski definition) is 3. The normalized spacial score (nSPS) is 19.4. The lowest BCUT2D eigenvalue weighted by molar-refractivity contribution is -0.130. The summed E-state index contributed by atoms with van der Waals surface area (Å²) in [5.41, 5.74) is 1.43. The molecular formula is C20H31NO3. The van der Waals surface area contributed by atoms with E-state index in [1.165, 1.54) is 5.56 Å². The van der Waals surface area contributed by atoms with Crippen molar-refractivity contribution in [3.8, 4) is 5.75 Å². The fraction of sp³-hybridized carbons (Fsp3) is 0.650. The van der Waals surface area contributed by atoms with Crippen LogP contribution in [0.1, 0.15) is 52.5 Å². The van der Waals surface area contributed by atoms with Gasteiger partial charge in [-0.15, -0.1) is 0 Å². The number of ether oxygens (including phenoxy) is 1. The van der Waals surface area contributed by atoms with E-state index in [9.17, 15) is 9.90 Å². The first-order valence-electron chi connectivity index (χ1n) is 8.96. The van der Waals surface area contributed by atoms with Crippen LogP contribution in [0.5, 0.6) is 5.75 Å². The van der Waals surface area contributed by atoms with E-state index in [0.717, 1.165) is 25.1 Å². The summed E-state index contributed by atoms with van der Waals surface area (Å²) in [4.78, 5) is 14.0. The second-order valence-electron chi connectivity index (χ2n) is 7.86. The zero-order valence-corrected chi connectivity index (χ0v) is 15.4. The number of aliphatic hydroxyl groups excluding tert-OH is 1. The molecular weight excluding hydrogens is 302 g/mol. The summed E-state index contributed by atoms with van der Waals surface area (Å²) in [7, 11) is 0. The molecule has 1 aliphatic rings. The SMILES string of the molecule is CC(O)C1CCN(C(=O)CCCOc2ccc(C(C)(C)C)cc2)C1. The third-order valence-corrected chi connectivity index (χ3v) is 4.78. The quantitative estimate of drug-likeness (QED) is 0.812. The summed E-state index contributed by atoms with van der Waals surface area (Å²) in [5.74, 6) is 1.25. The van der Waals surface area contributed by atoms with E-state index in [0.29, 0.717) is 19.6 Å². The van der Waals surface area contributed by atoms with Gasteiger partial charge in [0.25, 0.3) is 0 Å². The van der Waals surface area contributed by atoms with Crippen LogP contribution in [-0.4, -0.2) is 41.7 Å². The van der Waals surface area contributed by atoms with Gasteiger partial charge in [-0.1, -0.05) is 32.9 Å². The molecule has 1 aromatic carbocycles. The summed E-state index contributed by atoms with van der Waals surface area (Å²) >= 11 is 0. The molecule has 1 saturated heterocycles. The van der Waals surface area contributed by atoms with Crippen LogP contribution in [0.3, 0.4) is 0 Å². The molecule has 0 spiro atoms. The van der Waals surface area contributed by atoms with Crippen LogP contribution in [0.2, 0.25) is 0 Å². The predicted molar refractivity (Wildman–Crippen MR) is 96.2 cm³/mol. The molecule has 0 bridgehead atoms. The maximum atomic E-state index is 12.2. The third-order valence-electron chi connectivity index (χ3n) is 4.78. The zero-order chi connectivity index (χ0) is 17.7. The fourth-order valence-corrected chi connectivity index (χ4v) is 3.03. The van der Waals surface area contributed by atoms with Gasteiger partial charge in [-0.25, -0.2) is 0 Å². The Morgan fingerprint density at radius 2 is 2.00 bits per heavy atom. The second kappa shape index (κ2) is 8.02. The molecule has 4 heteroatoms. The molecule has 2 atom stereocenters. The lowest BCUT2D eigenvalue weighted by Crippen LogP contribution is -2.30. The molecule has 4 nitrogen and oxygen atoms in total. The molecule has 0 radical (unpaired) electrons. The van der Waals surface area contributed by atoms with Crippen LogP contribution < -0.4 is 4.74 Å². The smallest absolute Gasteiger partial charge is 0.222 e. The van der Waals surface area contributed by atoms with Crippen LogP contribution in [0.4, 0.5) is 0 Å². The van der Waals surface area contributed by atoms with E-state index in [2.05, 4.69) is 32.9 Å². The number of nitrogens with zero attached hydrogens (tertiary/aromatic N) is 1. The van der Waals surface area contributed by atoms with Crippen molar-refractivity contribution >= 4 is 5.91 Å². The number of benzene rings is 1. The van der Waals surface area contributed by atoms with E-state index in [-0.39, 0.29) is 23.3 Å². The number of rotatable bonds is 6. The minimum absolute atomic E-state index is 0.143. The van der Waals surface area contributed by atoms with E-state index in [1.54, 1.807) is 6.92 Å². The predicted octanol–water partition coefficient (Wildman–Crippen LogP) is 3.37. The van der Waals surface area contributed by atoms with Gasteiger partial charge in [0.05, 0.1) is 12.7 Å². The van der Waals surface area contributed by atoms with Crippen molar-refractivity contribution in [2.75, 3.05) is 19.7 Å². The van der Waals surface area contributed by atoms with Gasteiger partial charge in [0, 0.05) is 25.4 Å². The van der Waals surface area contributed by atoms with Crippen molar-refractivity contribution in [2.45, 2.75) is 58.5 Å². The van der Waals surface area contributed by atoms with Crippen LogP contribution >= 0.6 is 0 Å². The van der Waals surface area contributed by atoms with E-state index >= 15 is 0 Å². The molecule has 0 saturated carbocycles. The summed E-state index contributed by atoms with van der Waals surface area (Å²) in [6.07, 6.45) is 1.80. The Morgan fingerprint density at radius 3 is 2.54 bits per heavy atom. The monoisotopic (exact) mass is 333 g/mol. The van der Waals surface area contributed by atoms with Crippen LogP contribution in [0.15, 0.2) is 24.3 Å². The minimum atomic E-state index is -0.331. The summed E-state index contributed by atoms with van der Waals surface area (Å²) in [6, 6.07) is 8.19. The molecule has 1 fully saturated rings. The van der Waals surface area contributed by atoms with Gasteiger partial charge in [-0.2, -0.15) is 0 Å². The van der Waals surface area contributed by atoms with Crippen molar-refractivity contribution < 1.29 is 14.6 Å². The van der Waals surface area contributed by atoms with Gasteiger partial charge in [-0.05, 0) is 42.9 Å². The number of likely N-dealkylation sites (tertiary alicyclic amines) is 1. The Morgan fingerprint density at radius 1 is 1.33 bits per heavy atom. The number of carbonyl (C=O) groups is 1. The zero-order valence-electron chi connectivity index (χ0n) is 15.4. The Hall–Kier alpha value is -1.55.